The van der Waals surface area contributed by atoms with Gasteiger partial charge in [-0.1, -0.05) is 23.2 Å². The first-order valence-corrected chi connectivity index (χ1v) is 5.61. The second-order valence-corrected chi connectivity index (χ2v) is 4.35. The van der Waals surface area contributed by atoms with Crippen LogP contribution in [-0.2, 0) is 4.79 Å². The molecule has 6 nitrogen and oxygen atoms in total. The highest BCUT2D eigenvalue weighted by Gasteiger charge is 2.34. The van der Waals surface area contributed by atoms with Crippen LogP contribution in [0.4, 0.5) is 15.3 Å². The van der Waals surface area contributed by atoms with Crippen LogP contribution in [0, 0.1) is 0 Å². The zero-order chi connectivity index (χ0) is 13.3. The summed E-state index contributed by atoms with van der Waals surface area (Å²) in [6.45, 7) is -0.192. The zero-order valence-electron chi connectivity index (χ0n) is 8.87. The molecule has 0 bridgehead atoms. The molecular weight excluding hydrogens is 281 g/mol. The van der Waals surface area contributed by atoms with Gasteiger partial charge in [0.25, 0.3) is 5.91 Å². The van der Waals surface area contributed by atoms with Gasteiger partial charge in [0.15, 0.2) is 0 Å². The minimum absolute atomic E-state index is 0.192. The number of hydrogen-bond acceptors (Lipinski definition) is 3. The number of hydrogen-bond donors (Lipinski definition) is 2. The highest BCUT2D eigenvalue weighted by molar-refractivity contribution is 6.35. The lowest BCUT2D eigenvalue weighted by molar-refractivity contribution is -0.122. The van der Waals surface area contributed by atoms with E-state index in [2.05, 4.69) is 10.6 Å². The third-order valence-electron chi connectivity index (χ3n) is 2.16. The van der Waals surface area contributed by atoms with E-state index in [0.29, 0.717) is 20.6 Å². The summed E-state index contributed by atoms with van der Waals surface area (Å²) in [4.78, 5) is 34.7. The maximum atomic E-state index is 11.7. The number of imide groups is 3. The maximum Gasteiger partial charge on any atom is 0.337 e. The van der Waals surface area contributed by atoms with Crippen molar-refractivity contribution >= 4 is 46.9 Å². The van der Waals surface area contributed by atoms with Gasteiger partial charge >= 0.3 is 12.1 Å². The van der Waals surface area contributed by atoms with Crippen LogP contribution in [-0.4, -0.2) is 29.4 Å². The Morgan fingerprint density at radius 1 is 1.22 bits per heavy atom. The van der Waals surface area contributed by atoms with E-state index in [1.54, 1.807) is 0 Å². The monoisotopic (exact) mass is 287 g/mol. The van der Waals surface area contributed by atoms with Gasteiger partial charge in [-0.15, -0.1) is 0 Å². The second kappa shape index (κ2) is 4.83. The quantitative estimate of drug-likeness (QED) is 0.776. The van der Waals surface area contributed by atoms with Gasteiger partial charge in [-0.05, 0) is 18.2 Å². The number of carbonyl (C=O) groups is 3. The lowest BCUT2D eigenvalue weighted by atomic mass is 10.3. The Morgan fingerprint density at radius 3 is 2.33 bits per heavy atom. The van der Waals surface area contributed by atoms with Crippen molar-refractivity contribution in [3.63, 3.8) is 0 Å². The molecule has 0 aliphatic carbocycles. The van der Waals surface area contributed by atoms with Crippen LogP contribution in [0.2, 0.25) is 10.0 Å². The molecule has 1 aliphatic heterocycles. The van der Waals surface area contributed by atoms with Crippen molar-refractivity contribution in [3.8, 4) is 0 Å². The summed E-state index contributed by atoms with van der Waals surface area (Å²) in [5.41, 5.74) is 0.296. The van der Waals surface area contributed by atoms with Gasteiger partial charge in [0.05, 0.1) is 6.54 Å². The summed E-state index contributed by atoms with van der Waals surface area (Å²) < 4.78 is 0. The Hall–Kier alpha value is -1.79. The minimum Gasteiger partial charge on any atom is -0.328 e. The summed E-state index contributed by atoms with van der Waals surface area (Å²) in [6.07, 6.45) is 0. The number of nitrogens with one attached hydrogen (secondary N) is 2. The van der Waals surface area contributed by atoms with Crippen LogP contribution in [0.1, 0.15) is 0 Å². The van der Waals surface area contributed by atoms with E-state index in [1.165, 1.54) is 18.2 Å². The van der Waals surface area contributed by atoms with E-state index >= 15 is 0 Å². The van der Waals surface area contributed by atoms with Crippen molar-refractivity contribution in [2.45, 2.75) is 0 Å². The number of anilines is 1. The highest BCUT2D eigenvalue weighted by Crippen LogP contribution is 2.22. The lowest BCUT2D eigenvalue weighted by Crippen LogP contribution is -2.40. The van der Waals surface area contributed by atoms with E-state index in [0.717, 1.165) is 0 Å². The predicted octanol–water partition coefficient (Wildman–Crippen LogP) is 2.08. The number of halogens is 2. The fraction of sp³-hybridized carbons (Fsp3) is 0.100. The Bertz CT molecular complexity index is 511. The number of urea groups is 2. The maximum absolute atomic E-state index is 11.7. The summed E-state index contributed by atoms with van der Waals surface area (Å²) in [6, 6.07) is 2.78. The molecule has 0 saturated carbocycles. The van der Waals surface area contributed by atoms with E-state index in [-0.39, 0.29) is 6.54 Å². The largest absolute Gasteiger partial charge is 0.337 e. The molecule has 1 aromatic rings. The van der Waals surface area contributed by atoms with E-state index in [9.17, 15) is 14.4 Å². The number of nitrogens with zero attached hydrogens (tertiary/aromatic N) is 1. The summed E-state index contributed by atoms with van der Waals surface area (Å²) in [7, 11) is 0. The number of carbonyl (C=O) groups excluding carboxylic acids is 3. The molecule has 0 atom stereocenters. The summed E-state index contributed by atoms with van der Waals surface area (Å²) in [5, 5.41) is 5.25. The van der Waals surface area contributed by atoms with Gasteiger partial charge in [0.1, 0.15) is 0 Å². The number of benzene rings is 1. The average Bonchev–Trinajstić information content (AvgIpc) is 2.56. The zero-order valence-corrected chi connectivity index (χ0v) is 10.4. The van der Waals surface area contributed by atoms with Gasteiger partial charge in [0.2, 0.25) is 0 Å². The van der Waals surface area contributed by atoms with Crippen molar-refractivity contribution in [1.82, 2.24) is 10.2 Å². The molecule has 0 radical (unpaired) electrons. The van der Waals surface area contributed by atoms with E-state index < -0.39 is 18.0 Å². The summed E-state index contributed by atoms with van der Waals surface area (Å²) >= 11 is 11.5. The van der Waals surface area contributed by atoms with E-state index in [4.69, 9.17) is 23.2 Å². The molecule has 1 fully saturated rings. The Balaban J connectivity index is 2.16. The number of rotatable bonds is 1. The second-order valence-electron chi connectivity index (χ2n) is 3.48. The predicted molar refractivity (Wildman–Crippen MR) is 65.7 cm³/mol. The molecule has 1 saturated heterocycles. The fourth-order valence-corrected chi connectivity index (χ4v) is 1.96. The molecule has 5 amide bonds. The Morgan fingerprint density at radius 2 is 1.83 bits per heavy atom. The van der Waals surface area contributed by atoms with Crippen molar-refractivity contribution < 1.29 is 14.4 Å². The average molecular weight is 288 g/mol. The molecule has 0 unspecified atom stereocenters. The van der Waals surface area contributed by atoms with Gasteiger partial charge in [-0.2, -0.15) is 4.90 Å². The third-order valence-corrected chi connectivity index (χ3v) is 2.60. The molecule has 18 heavy (non-hydrogen) atoms. The van der Waals surface area contributed by atoms with Gasteiger partial charge in [-0.25, -0.2) is 9.59 Å². The molecule has 8 heteroatoms. The van der Waals surface area contributed by atoms with Crippen LogP contribution in [0.3, 0.4) is 0 Å². The van der Waals surface area contributed by atoms with Crippen LogP contribution < -0.4 is 10.6 Å². The van der Waals surface area contributed by atoms with Crippen molar-refractivity contribution in [2.75, 3.05) is 11.9 Å². The van der Waals surface area contributed by atoms with Crippen molar-refractivity contribution in [2.24, 2.45) is 0 Å². The third kappa shape index (κ3) is 2.55. The molecule has 2 rings (SSSR count). The van der Waals surface area contributed by atoms with Crippen LogP contribution in [0.25, 0.3) is 0 Å². The lowest BCUT2D eigenvalue weighted by Gasteiger charge is -2.12. The van der Waals surface area contributed by atoms with Crippen LogP contribution >= 0.6 is 23.2 Å². The topological polar surface area (TPSA) is 78.5 Å². The minimum atomic E-state index is -0.853. The van der Waals surface area contributed by atoms with Gasteiger partial charge < -0.3 is 10.6 Å². The van der Waals surface area contributed by atoms with Crippen LogP contribution in [0.15, 0.2) is 18.2 Å². The molecule has 0 spiro atoms. The van der Waals surface area contributed by atoms with Crippen molar-refractivity contribution in [3.05, 3.63) is 28.2 Å². The first-order valence-electron chi connectivity index (χ1n) is 4.85. The van der Waals surface area contributed by atoms with Gasteiger partial charge in [0, 0.05) is 15.7 Å². The summed E-state index contributed by atoms with van der Waals surface area (Å²) in [5.74, 6) is -0.620. The first-order chi connectivity index (χ1) is 8.47. The van der Waals surface area contributed by atoms with Gasteiger partial charge in [-0.3, -0.25) is 4.79 Å². The van der Waals surface area contributed by atoms with Crippen LogP contribution in [0.5, 0.6) is 0 Å². The van der Waals surface area contributed by atoms with Crippen molar-refractivity contribution in [1.29, 1.82) is 0 Å². The standard InChI is InChI=1S/C10H7Cl2N3O3/c11-5-1-6(12)3-7(2-5)14-10(18)15-8(16)4-13-9(15)17/h1-3H,4H2,(H,13,17)(H,14,18). The molecule has 1 aromatic carbocycles. The number of amides is 5. The van der Waals surface area contributed by atoms with E-state index in [1.807, 2.05) is 0 Å². The fourth-order valence-electron chi connectivity index (χ4n) is 1.43. The Labute approximate surface area is 112 Å². The smallest absolute Gasteiger partial charge is 0.328 e. The molecule has 1 aliphatic rings. The normalized spacial score (nSPS) is 14.7. The molecule has 0 aromatic heterocycles. The molecule has 1 heterocycles. The molecular formula is C10H7Cl2N3O3. The SMILES string of the molecule is O=C1CNC(=O)N1C(=O)Nc1cc(Cl)cc(Cl)c1. The first kappa shape index (κ1) is 12.7. The Kier molecular flexibility index (Phi) is 3.40. The molecule has 94 valence electrons. The molecule has 2 N–H and O–H groups in total. The highest BCUT2D eigenvalue weighted by atomic mass is 35.5.